The number of nitrogen functional groups attached to an aromatic ring is 1. The van der Waals surface area contributed by atoms with Gasteiger partial charge in [-0.1, -0.05) is 5.92 Å². The fourth-order valence-electron chi connectivity index (χ4n) is 4.61. The number of amides is 1. The number of ether oxygens (including phenoxy) is 1. The molecule has 1 aromatic carbocycles. The number of imidazole rings is 1. The van der Waals surface area contributed by atoms with Crippen LogP contribution >= 0.6 is 0 Å². The molecule has 0 aliphatic carbocycles. The number of halogens is 1. The summed E-state index contributed by atoms with van der Waals surface area (Å²) in [5.74, 6) is 5.25. The molecule has 3 aromatic heterocycles. The van der Waals surface area contributed by atoms with E-state index in [0.29, 0.717) is 47.0 Å². The quantitative estimate of drug-likeness (QED) is 0.317. The lowest BCUT2D eigenvalue weighted by Gasteiger charge is -2.24. The molecular weight excluding hydrogens is 489 g/mol. The van der Waals surface area contributed by atoms with Gasteiger partial charge in [-0.05, 0) is 46.1 Å². The first kappa shape index (κ1) is 25.2. The summed E-state index contributed by atoms with van der Waals surface area (Å²) in [6.45, 7) is 7.68. The summed E-state index contributed by atoms with van der Waals surface area (Å²) in [6.07, 6.45) is 3.21. The molecule has 196 valence electrons. The van der Waals surface area contributed by atoms with Crippen LogP contribution in [0.5, 0.6) is 0 Å². The Balaban J connectivity index is 1.59. The Morgan fingerprint density at radius 3 is 2.68 bits per heavy atom. The maximum atomic E-state index is 14.8. The standard InChI is InChI=1S/C27H28FN7O3/c1-15(36)18-12-30-25(29)23-20(7-6-16-10-21-22(11-19(16)28)33(5)14-31-21)32-35(24(18)23)17-8-9-34(13-17)26(37)38-27(2,3)4/h10-12,14,17H,8-9,13H2,1-5H3,(H2,29,30)/t17-/m0/s1. The smallest absolute Gasteiger partial charge is 0.410 e. The highest BCUT2D eigenvalue weighted by atomic mass is 19.1. The lowest BCUT2D eigenvalue weighted by molar-refractivity contribution is 0.0288. The molecule has 4 heterocycles. The van der Waals surface area contributed by atoms with Gasteiger partial charge in [0.05, 0.1) is 45.4 Å². The lowest BCUT2D eigenvalue weighted by Crippen LogP contribution is -2.35. The van der Waals surface area contributed by atoms with Crippen LogP contribution in [-0.2, 0) is 11.8 Å². The van der Waals surface area contributed by atoms with Crippen LogP contribution in [0.25, 0.3) is 21.9 Å². The predicted octanol–water partition coefficient (Wildman–Crippen LogP) is 3.82. The van der Waals surface area contributed by atoms with Crippen LogP contribution in [0.15, 0.2) is 24.7 Å². The highest BCUT2D eigenvalue weighted by molar-refractivity contribution is 6.09. The SMILES string of the molecule is CC(=O)c1cnc(N)c2c(C#Cc3cc4ncn(C)c4cc3F)nn([C@H]3CCN(C(=O)OC(C)(C)C)C3)c12. The largest absolute Gasteiger partial charge is 0.444 e. The number of hydrogen-bond donors (Lipinski definition) is 1. The molecule has 10 nitrogen and oxygen atoms in total. The molecule has 0 unspecified atom stereocenters. The highest BCUT2D eigenvalue weighted by Gasteiger charge is 2.33. The molecule has 4 aromatic rings. The number of aromatic nitrogens is 5. The Hall–Kier alpha value is -4.46. The van der Waals surface area contributed by atoms with E-state index in [1.165, 1.54) is 19.2 Å². The number of fused-ring (bicyclic) bond motifs is 2. The van der Waals surface area contributed by atoms with Crippen LogP contribution in [0.2, 0.25) is 0 Å². The number of nitrogens with two attached hydrogens (primary N) is 1. The fourth-order valence-corrected chi connectivity index (χ4v) is 4.61. The fraction of sp³-hybridized carbons (Fsp3) is 0.370. The number of carbonyl (C=O) groups is 2. The summed E-state index contributed by atoms with van der Waals surface area (Å²) in [6, 6.07) is 2.72. The second-order valence-corrected chi connectivity index (χ2v) is 10.4. The molecule has 1 aliphatic rings. The highest BCUT2D eigenvalue weighted by Crippen LogP contribution is 2.32. The Morgan fingerprint density at radius 1 is 1.21 bits per heavy atom. The number of ketones is 1. The van der Waals surface area contributed by atoms with Gasteiger partial charge < -0.3 is 19.9 Å². The van der Waals surface area contributed by atoms with E-state index in [-0.39, 0.29) is 28.9 Å². The van der Waals surface area contributed by atoms with Gasteiger partial charge in [-0.3, -0.25) is 9.48 Å². The first-order valence-electron chi connectivity index (χ1n) is 12.2. The Bertz CT molecular complexity index is 1670. The van der Waals surface area contributed by atoms with E-state index in [9.17, 15) is 14.0 Å². The van der Waals surface area contributed by atoms with E-state index in [1.54, 1.807) is 33.6 Å². The minimum absolute atomic E-state index is 0.156. The normalized spacial score (nSPS) is 15.6. The van der Waals surface area contributed by atoms with Gasteiger partial charge in [0.15, 0.2) is 5.78 Å². The molecule has 1 atom stereocenters. The van der Waals surface area contributed by atoms with Crippen LogP contribution in [0, 0.1) is 17.7 Å². The van der Waals surface area contributed by atoms with Crippen molar-refractivity contribution in [3.63, 3.8) is 0 Å². The van der Waals surface area contributed by atoms with Crippen molar-refractivity contribution in [1.29, 1.82) is 0 Å². The zero-order valence-corrected chi connectivity index (χ0v) is 21.9. The van der Waals surface area contributed by atoms with Crippen LogP contribution in [0.1, 0.15) is 61.8 Å². The van der Waals surface area contributed by atoms with E-state index in [1.807, 2.05) is 20.8 Å². The number of pyridine rings is 1. The second-order valence-electron chi connectivity index (χ2n) is 10.4. The van der Waals surface area contributed by atoms with Crippen molar-refractivity contribution in [3.8, 4) is 11.8 Å². The minimum atomic E-state index is -0.619. The Kier molecular flexibility index (Phi) is 6.06. The Labute approximate surface area is 218 Å². The van der Waals surface area contributed by atoms with Gasteiger partial charge in [0.2, 0.25) is 0 Å². The van der Waals surface area contributed by atoms with E-state index < -0.39 is 17.5 Å². The third-order valence-corrected chi connectivity index (χ3v) is 6.42. The number of anilines is 1. The number of benzene rings is 1. The molecule has 0 spiro atoms. The topological polar surface area (TPSA) is 121 Å². The average molecular weight is 518 g/mol. The molecule has 5 rings (SSSR count). The molecule has 0 bridgehead atoms. The van der Waals surface area contributed by atoms with E-state index in [2.05, 4.69) is 21.8 Å². The molecule has 11 heteroatoms. The number of likely N-dealkylation sites (tertiary alicyclic amines) is 1. The number of hydrogen-bond acceptors (Lipinski definition) is 7. The van der Waals surface area contributed by atoms with Crippen molar-refractivity contribution in [3.05, 3.63) is 47.3 Å². The number of aryl methyl sites for hydroxylation is 1. The molecule has 0 radical (unpaired) electrons. The first-order chi connectivity index (χ1) is 17.9. The van der Waals surface area contributed by atoms with E-state index in [4.69, 9.17) is 15.6 Å². The zero-order valence-electron chi connectivity index (χ0n) is 21.9. The van der Waals surface area contributed by atoms with Crippen molar-refractivity contribution in [2.24, 2.45) is 7.05 Å². The minimum Gasteiger partial charge on any atom is -0.444 e. The molecule has 1 fully saturated rings. The summed E-state index contributed by atoms with van der Waals surface area (Å²) in [4.78, 5) is 35.3. The van der Waals surface area contributed by atoms with Crippen LogP contribution in [0.3, 0.4) is 0 Å². The second kappa shape index (κ2) is 9.13. The van der Waals surface area contributed by atoms with Crippen LogP contribution in [0.4, 0.5) is 15.0 Å². The van der Waals surface area contributed by atoms with Crippen molar-refractivity contribution in [2.45, 2.75) is 45.8 Å². The summed E-state index contributed by atoms with van der Waals surface area (Å²) in [5, 5.41) is 5.12. The first-order valence-corrected chi connectivity index (χ1v) is 12.2. The van der Waals surface area contributed by atoms with Gasteiger partial charge in [-0.25, -0.2) is 19.2 Å². The summed E-state index contributed by atoms with van der Waals surface area (Å²) in [5.41, 5.74) is 8.15. The number of nitrogens with zero attached hydrogens (tertiary/aromatic N) is 6. The predicted molar refractivity (Wildman–Crippen MR) is 140 cm³/mol. The maximum absolute atomic E-state index is 14.8. The van der Waals surface area contributed by atoms with E-state index >= 15 is 0 Å². The zero-order chi connectivity index (χ0) is 27.4. The summed E-state index contributed by atoms with van der Waals surface area (Å²) >= 11 is 0. The molecular formula is C27H28FN7O3. The maximum Gasteiger partial charge on any atom is 0.410 e. The van der Waals surface area contributed by atoms with E-state index in [0.717, 1.165) is 0 Å². The molecule has 1 saturated heterocycles. The summed E-state index contributed by atoms with van der Waals surface area (Å²) in [7, 11) is 1.79. The van der Waals surface area contributed by atoms with Crippen molar-refractivity contribution >= 4 is 39.6 Å². The molecule has 1 amide bonds. The number of carbonyl (C=O) groups excluding carboxylic acids is 2. The third-order valence-electron chi connectivity index (χ3n) is 6.42. The van der Waals surface area contributed by atoms with Gasteiger partial charge in [0.1, 0.15) is 22.9 Å². The van der Waals surface area contributed by atoms with Crippen molar-refractivity contribution in [2.75, 3.05) is 18.8 Å². The molecule has 0 saturated carbocycles. The molecule has 2 N–H and O–H groups in total. The van der Waals surface area contributed by atoms with Gasteiger partial charge in [0, 0.05) is 32.4 Å². The molecule has 38 heavy (non-hydrogen) atoms. The van der Waals surface area contributed by atoms with Gasteiger partial charge >= 0.3 is 6.09 Å². The van der Waals surface area contributed by atoms with Crippen LogP contribution in [-0.4, -0.2) is 59.8 Å². The lowest BCUT2D eigenvalue weighted by atomic mass is 10.1. The monoisotopic (exact) mass is 517 g/mol. The van der Waals surface area contributed by atoms with Gasteiger partial charge in [-0.2, -0.15) is 5.10 Å². The van der Waals surface area contributed by atoms with Gasteiger partial charge in [-0.15, -0.1) is 0 Å². The number of rotatable bonds is 2. The van der Waals surface area contributed by atoms with Crippen LogP contribution < -0.4 is 5.73 Å². The average Bonchev–Trinajstić information content (AvgIpc) is 3.55. The Morgan fingerprint density at radius 2 is 1.97 bits per heavy atom. The van der Waals surface area contributed by atoms with Crippen molar-refractivity contribution in [1.82, 2.24) is 29.2 Å². The number of Topliss-reactive ketones (excluding diaryl/α,β-unsaturated/α-hetero) is 1. The van der Waals surface area contributed by atoms with Gasteiger partial charge in [0.25, 0.3) is 0 Å². The third kappa shape index (κ3) is 4.53. The van der Waals surface area contributed by atoms with Crippen molar-refractivity contribution < 1.29 is 18.7 Å². The molecule has 1 aliphatic heterocycles. The summed E-state index contributed by atoms with van der Waals surface area (Å²) < 4.78 is 23.8.